The Bertz CT molecular complexity index is 390. The maximum atomic E-state index is 6.24. The summed E-state index contributed by atoms with van der Waals surface area (Å²) in [5, 5.41) is 4.36. The summed E-state index contributed by atoms with van der Waals surface area (Å²) in [6.45, 7) is 13.5. The van der Waals surface area contributed by atoms with Gasteiger partial charge >= 0.3 is 0 Å². The summed E-state index contributed by atoms with van der Waals surface area (Å²) in [5.41, 5.74) is 1.40. The fourth-order valence-corrected chi connectivity index (χ4v) is 2.29. The maximum absolute atomic E-state index is 6.24. The van der Waals surface area contributed by atoms with Crippen LogP contribution in [0.5, 0.6) is 0 Å². The van der Waals surface area contributed by atoms with Gasteiger partial charge in [0.15, 0.2) is 0 Å². The number of aromatic nitrogens is 1. The van der Waals surface area contributed by atoms with Crippen molar-refractivity contribution >= 4 is 11.6 Å². The molecule has 0 saturated heterocycles. The van der Waals surface area contributed by atoms with Crippen molar-refractivity contribution in [2.24, 2.45) is 17.3 Å². The molecule has 0 aliphatic carbocycles. The highest BCUT2D eigenvalue weighted by atomic mass is 35.5. The molecule has 0 radical (unpaired) electrons. The average molecular weight is 283 g/mol. The largest absolute Gasteiger partial charge is 0.316 e. The first kappa shape index (κ1) is 16.5. The third kappa shape index (κ3) is 5.12. The zero-order valence-corrected chi connectivity index (χ0v) is 13.6. The first-order valence-electron chi connectivity index (χ1n) is 7.14. The highest BCUT2D eigenvalue weighted by Gasteiger charge is 2.29. The van der Waals surface area contributed by atoms with E-state index in [0.717, 1.165) is 24.5 Å². The van der Waals surface area contributed by atoms with Gasteiger partial charge in [-0.15, -0.1) is 0 Å². The van der Waals surface area contributed by atoms with Crippen molar-refractivity contribution < 1.29 is 0 Å². The van der Waals surface area contributed by atoms with Crippen LogP contribution in [-0.2, 0) is 6.42 Å². The molecule has 0 bridgehead atoms. The molecule has 1 unspecified atom stereocenters. The normalized spacial score (nSPS) is 14.9. The first-order valence-corrected chi connectivity index (χ1v) is 7.52. The Morgan fingerprint density at radius 3 is 2.53 bits per heavy atom. The van der Waals surface area contributed by atoms with E-state index in [-0.39, 0.29) is 5.41 Å². The van der Waals surface area contributed by atoms with E-state index < -0.39 is 0 Å². The molecule has 0 spiro atoms. The summed E-state index contributed by atoms with van der Waals surface area (Å²) in [7, 11) is 0. The van der Waals surface area contributed by atoms with Gasteiger partial charge in [0.05, 0.1) is 5.02 Å². The Balaban J connectivity index is 2.74. The Morgan fingerprint density at radius 1 is 1.32 bits per heavy atom. The Labute approximate surface area is 123 Å². The first-order chi connectivity index (χ1) is 8.85. The van der Waals surface area contributed by atoms with E-state index >= 15 is 0 Å². The third-order valence-corrected chi connectivity index (χ3v) is 4.27. The lowest BCUT2D eigenvalue weighted by Gasteiger charge is -2.35. The molecule has 0 amide bonds. The summed E-state index contributed by atoms with van der Waals surface area (Å²) >= 11 is 6.24. The molecule has 0 aliphatic rings. The predicted octanol–water partition coefficient (Wildman–Crippen LogP) is 4.19. The van der Waals surface area contributed by atoms with E-state index in [2.05, 4.69) is 44.9 Å². The number of hydrogen-bond donors (Lipinski definition) is 1. The number of halogens is 1. The summed E-state index contributed by atoms with van der Waals surface area (Å²) in [6.07, 6.45) is 4.54. The number of hydrogen-bond acceptors (Lipinski definition) is 2. The van der Waals surface area contributed by atoms with Crippen molar-refractivity contribution in [1.82, 2.24) is 10.3 Å². The zero-order chi connectivity index (χ0) is 14.5. The molecule has 1 aromatic rings. The third-order valence-electron chi connectivity index (χ3n) is 3.93. The molecule has 1 N–H and O–H groups in total. The molecule has 0 aromatic carbocycles. The second kappa shape index (κ2) is 7.25. The molecule has 3 heteroatoms. The van der Waals surface area contributed by atoms with Crippen molar-refractivity contribution in [1.29, 1.82) is 0 Å². The van der Waals surface area contributed by atoms with E-state index in [4.69, 9.17) is 11.6 Å². The number of nitrogens with one attached hydrogen (secondary N) is 1. The van der Waals surface area contributed by atoms with Crippen LogP contribution in [0.25, 0.3) is 0 Å². The topological polar surface area (TPSA) is 24.9 Å². The standard InChI is InChI=1S/C16H27ClN2/c1-12(2)9-19-11-16(5,13(3)4)8-14-6-7-18-10-15(14)17/h6-7,10,12-13,19H,8-9,11H2,1-5H3. The van der Waals surface area contributed by atoms with Crippen molar-refractivity contribution in [3.8, 4) is 0 Å². The molecule has 108 valence electrons. The number of pyridine rings is 1. The van der Waals surface area contributed by atoms with Crippen molar-refractivity contribution in [3.63, 3.8) is 0 Å². The summed E-state index contributed by atoms with van der Waals surface area (Å²) in [5.74, 6) is 1.28. The molecule has 1 aromatic heterocycles. The van der Waals surface area contributed by atoms with Gasteiger partial charge < -0.3 is 5.32 Å². The highest BCUT2D eigenvalue weighted by Crippen LogP contribution is 2.32. The summed E-state index contributed by atoms with van der Waals surface area (Å²) < 4.78 is 0. The molecule has 0 saturated carbocycles. The Morgan fingerprint density at radius 2 is 2.00 bits per heavy atom. The van der Waals surface area contributed by atoms with E-state index in [1.165, 1.54) is 5.56 Å². The summed E-state index contributed by atoms with van der Waals surface area (Å²) in [6, 6.07) is 2.03. The van der Waals surface area contributed by atoms with Crippen LogP contribution in [0, 0.1) is 17.3 Å². The van der Waals surface area contributed by atoms with Crippen LogP contribution in [0.15, 0.2) is 18.5 Å². The van der Waals surface area contributed by atoms with Gasteiger partial charge in [0.1, 0.15) is 0 Å². The van der Waals surface area contributed by atoms with Gasteiger partial charge in [-0.3, -0.25) is 4.98 Å². The zero-order valence-electron chi connectivity index (χ0n) is 12.8. The van der Waals surface area contributed by atoms with Gasteiger partial charge in [-0.2, -0.15) is 0 Å². The number of nitrogens with zero attached hydrogens (tertiary/aromatic N) is 1. The van der Waals surface area contributed by atoms with Gasteiger partial charge in [-0.1, -0.05) is 46.2 Å². The maximum Gasteiger partial charge on any atom is 0.0621 e. The van der Waals surface area contributed by atoms with Crippen molar-refractivity contribution in [3.05, 3.63) is 29.0 Å². The van der Waals surface area contributed by atoms with Gasteiger partial charge in [0.2, 0.25) is 0 Å². The Kier molecular flexibility index (Phi) is 6.28. The Hall–Kier alpha value is -0.600. The van der Waals surface area contributed by atoms with Gasteiger partial charge in [0.25, 0.3) is 0 Å². The van der Waals surface area contributed by atoms with E-state index in [1.807, 2.05) is 12.3 Å². The van der Waals surface area contributed by atoms with Gasteiger partial charge in [-0.25, -0.2) is 0 Å². The molecule has 19 heavy (non-hydrogen) atoms. The SMILES string of the molecule is CC(C)CNCC(C)(Cc1ccncc1Cl)C(C)C. The minimum absolute atomic E-state index is 0.208. The molecule has 0 fully saturated rings. The fraction of sp³-hybridized carbons (Fsp3) is 0.688. The van der Waals surface area contributed by atoms with E-state index in [9.17, 15) is 0 Å². The molecular weight excluding hydrogens is 256 g/mol. The molecule has 1 heterocycles. The van der Waals surface area contributed by atoms with Crippen molar-refractivity contribution in [2.75, 3.05) is 13.1 Å². The molecule has 2 nitrogen and oxygen atoms in total. The van der Waals surface area contributed by atoms with Crippen LogP contribution >= 0.6 is 11.6 Å². The monoisotopic (exact) mass is 282 g/mol. The van der Waals surface area contributed by atoms with Crippen LogP contribution in [0.2, 0.25) is 5.02 Å². The minimum atomic E-state index is 0.208. The molecule has 1 atom stereocenters. The fourth-order valence-electron chi connectivity index (χ4n) is 2.10. The summed E-state index contributed by atoms with van der Waals surface area (Å²) in [4.78, 5) is 4.06. The molecular formula is C16H27ClN2. The van der Waals surface area contributed by atoms with E-state index in [1.54, 1.807) is 6.20 Å². The van der Waals surface area contributed by atoms with Gasteiger partial charge in [-0.05, 0) is 41.8 Å². The lowest BCUT2D eigenvalue weighted by Crippen LogP contribution is -2.39. The van der Waals surface area contributed by atoms with Crippen molar-refractivity contribution in [2.45, 2.75) is 41.0 Å². The van der Waals surface area contributed by atoms with E-state index in [0.29, 0.717) is 11.8 Å². The molecule has 1 rings (SSSR count). The lowest BCUT2D eigenvalue weighted by atomic mass is 9.74. The minimum Gasteiger partial charge on any atom is -0.316 e. The number of rotatable bonds is 7. The highest BCUT2D eigenvalue weighted by molar-refractivity contribution is 6.31. The second-order valence-corrected chi connectivity index (χ2v) is 6.88. The predicted molar refractivity (Wildman–Crippen MR) is 83.6 cm³/mol. The van der Waals surface area contributed by atoms with Crippen LogP contribution in [0.1, 0.15) is 40.2 Å². The van der Waals surface area contributed by atoms with Crippen LogP contribution in [-0.4, -0.2) is 18.1 Å². The lowest BCUT2D eigenvalue weighted by molar-refractivity contribution is 0.205. The van der Waals surface area contributed by atoms with Crippen LogP contribution in [0.4, 0.5) is 0 Å². The average Bonchev–Trinajstić information content (AvgIpc) is 2.31. The van der Waals surface area contributed by atoms with Gasteiger partial charge in [0, 0.05) is 18.9 Å². The smallest absolute Gasteiger partial charge is 0.0621 e. The quantitative estimate of drug-likeness (QED) is 0.811. The van der Waals surface area contributed by atoms with Crippen LogP contribution in [0.3, 0.4) is 0 Å². The molecule has 0 aliphatic heterocycles. The second-order valence-electron chi connectivity index (χ2n) is 6.48. The van der Waals surface area contributed by atoms with Crippen LogP contribution < -0.4 is 5.32 Å².